The number of nitrogens with zero attached hydrogens (tertiary/aromatic N) is 4. The van der Waals surface area contributed by atoms with Gasteiger partial charge in [0.25, 0.3) is 11.5 Å². The lowest BCUT2D eigenvalue weighted by atomic mass is 10.1. The van der Waals surface area contributed by atoms with Crippen molar-refractivity contribution in [2.45, 2.75) is 19.5 Å². The molecule has 112 valence electrons. The highest BCUT2D eigenvalue weighted by molar-refractivity contribution is 6.04. The van der Waals surface area contributed by atoms with Gasteiger partial charge in [0, 0.05) is 11.4 Å². The van der Waals surface area contributed by atoms with Gasteiger partial charge >= 0.3 is 0 Å². The lowest BCUT2D eigenvalue weighted by molar-refractivity contribution is 0.0931. The van der Waals surface area contributed by atoms with E-state index in [2.05, 4.69) is 25.6 Å². The highest BCUT2D eigenvalue weighted by atomic mass is 16.2. The average molecular weight is 298 g/mol. The monoisotopic (exact) mass is 298 g/mol. The minimum atomic E-state index is -0.347. The molecule has 8 nitrogen and oxygen atoms in total. The van der Waals surface area contributed by atoms with Crippen LogP contribution < -0.4 is 10.9 Å². The topological polar surface area (TPSA) is 106 Å². The molecule has 0 spiro atoms. The molecule has 2 heterocycles. The first-order valence-electron chi connectivity index (χ1n) is 6.76. The van der Waals surface area contributed by atoms with E-state index in [-0.39, 0.29) is 23.2 Å². The van der Waals surface area contributed by atoms with Crippen LogP contribution in [-0.2, 0) is 6.54 Å². The second kappa shape index (κ2) is 5.76. The van der Waals surface area contributed by atoms with Crippen LogP contribution in [0.15, 0.2) is 41.7 Å². The molecule has 0 aliphatic heterocycles. The predicted molar refractivity (Wildman–Crippen MR) is 79.3 cm³/mol. The van der Waals surface area contributed by atoms with Gasteiger partial charge in [-0.3, -0.25) is 14.3 Å². The Hall–Kier alpha value is -3.03. The Morgan fingerprint density at radius 1 is 1.36 bits per heavy atom. The smallest absolute Gasteiger partial charge is 0.272 e. The summed E-state index contributed by atoms with van der Waals surface area (Å²) >= 11 is 0. The third kappa shape index (κ3) is 2.71. The number of aromatic amines is 1. The lowest BCUT2D eigenvalue weighted by Gasteiger charge is -2.13. The first kappa shape index (κ1) is 13.9. The Balaban J connectivity index is 1.83. The third-order valence-electron chi connectivity index (χ3n) is 3.22. The van der Waals surface area contributed by atoms with Crippen LogP contribution in [0.25, 0.3) is 10.8 Å². The van der Waals surface area contributed by atoms with E-state index in [0.717, 1.165) is 0 Å². The van der Waals surface area contributed by atoms with E-state index in [1.54, 1.807) is 35.3 Å². The van der Waals surface area contributed by atoms with Crippen LogP contribution in [0.4, 0.5) is 0 Å². The van der Waals surface area contributed by atoms with Gasteiger partial charge in [-0.25, -0.2) is 10.1 Å². The molecule has 2 N–H and O–H groups in total. The van der Waals surface area contributed by atoms with Crippen molar-refractivity contribution in [1.29, 1.82) is 0 Å². The minimum absolute atomic E-state index is 0.165. The Morgan fingerprint density at radius 3 is 2.86 bits per heavy atom. The molecule has 0 radical (unpaired) electrons. The molecule has 0 fully saturated rings. The molecule has 22 heavy (non-hydrogen) atoms. The van der Waals surface area contributed by atoms with E-state index in [1.165, 1.54) is 6.33 Å². The highest BCUT2D eigenvalue weighted by Gasteiger charge is 2.16. The Labute approximate surface area is 125 Å². The Morgan fingerprint density at radius 2 is 2.14 bits per heavy atom. The van der Waals surface area contributed by atoms with Crippen molar-refractivity contribution in [3.63, 3.8) is 0 Å². The SMILES string of the molecule is CC(Cn1cncn1)NC(=O)c1n[nH]c(=O)c2ccccc12. The van der Waals surface area contributed by atoms with Gasteiger partial charge in [0.05, 0.1) is 11.9 Å². The minimum Gasteiger partial charge on any atom is -0.346 e. The van der Waals surface area contributed by atoms with Crippen LogP contribution in [0.2, 0.25) is 0 Å². The number of amides is 1. The maximum absolute atomic E-state index is 12.4. The lowest BCUT2D eigenvalue weighted by Crippen LogP contribution is -2.36. The Kier molecular flexibility index (Phi) is 3.65. The van der Waals surface area contributed by atoms with Gasteiger partial charge in [0.15, 0.2) is 5.69 Å². The normalized spacial score (nSPS) is 12.2. The molecule has 2 aromatic heterocycles. The molecule has 0 saturated heterocycles. The van der Waals surface area contributed by atoms with Crippen molar-refractivity contribution in [1.82, 2.24) is 30.3 Å². The van der Waals surface area contributed by atoms with Gasteiger partial charge in [-0.05, 0) is 13.0 Å². The van der Waals surface area contributed by atoms with Crippen molar-refractivity contribution >= 4 is 16.7 Å². The maximum atomic E-state index is 12.4. The largest absolute Gasteiger partial charge is 0.346 e. The summed E-state index contributed by atoms with van der Waals surface area (Å²) in [6, 6.07) is 6.70. The number of H-pyrrole nitrogens is 1. The summed E-state index contributed by atoms with van der Waals surface area (Å²) in [6.45, 7) is 2.35. The number of fused-ring (bicyclic) bond motifs is 1. The van der Waals surface area contributed by atoms with E-state index in [1.807, 2.05) is 6.92 Å². The summed E-state index contributed by atoms with van der Waals surface area (Å²) in [5.74, 6) is -0.347. The molecule has 0 aliphatic rings. The number of carbonyl (C=O) groups is 1. The summed E-state index contributed by atoms with van der Waals surface area (Å²) in [5, 5.41) is 14.0. The molecule has 0 bridgehead atoms. The summed E-state index contributed by atoms with van der Waals surface area (Å²) < 4.78 is 1.63. The predicted octanol–water partition coefficient (Wildman–Crippen LogP) is 0.333. The first-order chi connectivity index (χ1) is 10.6. The number of hydrogen-bond acceptors (Lipinski definition) is 5. The van der Waals surface area contributed by atoms with Crippen LogP contribution >= 0.6 is 0 Å². The van der Waals surface area contributed by atoms with Crippen molar-refractivity contribution < 1.29 is 4.79 Å². The van der Waals surface area contributed by atoms with Crippen molar-refractivity contribution in [2.24, 2.45) is 0 Å². The number of benzene rings is 1. The molecule has 0 aliphatic carbocycles. The molecule has 0 saturated carbocycles. The van der Waals surface area contributed by atoms with Crippen molar-refractivity contribution in [2.75, 3.05) is 0 Å². The molecule has 1 unspecified atom stereocenters. The molecule has 1 aromatic carbocycles. The van der Waals surface area contributed by atoms with E-state index in [9.17, 15) is 9.59 Å². The van der Waals surface area contributed by atoms with Gasteiger partial charge in [-0.1, -0.05) is 18.2 Å². The standard InChI is InChI=1S/C14H14N6O2/c1-9(6-20-8-15-7-16-20)17-14(22)12-10-4-2-3-5-11(10)13(21)19-18-12/h2-5,7-9H,6H2,1H3,(H,17,22)(H,19,21). The summed E-state index contributed by atoms with van der Waals surface area (Å²) in [6.07, 6.45) is 3.02. The zero-order valence-electron chi connectivity index (χ0n) is 11.9. The molecule has 3 rings (SSSR count). The molecule has 3 aromatic rings. The number of nitrogens with one attached hydrogen (secondary N) is 2. The summed E-state index contributed by atoms with van der Waals surface area (Å²) in [7, 11) is 0. The molecular weight excluding hydrogens is 284 g/mol. The average Bonchev–Trinajstić information content (AvgIpc) is 3.00. The molecule has 8 heteroatoms. The quantitative estimate of drug-likeness (QED) is 0.722. The fourth-order valence-corrected chi connectivity index (χ4v) is 2.23. The molecule has 1 amide bonds. The van der Waals surface area contributed by atoms with Crippen LogP contribution in [0, 0.1) is 0 Å². The molecule has 1 atom stereocenters. The van der Waals surface area contributed by atoms with Crippen LogP contribution in [0.1, 0.15) is 17.4 Å². The van der Waals surface area contributed by atoms with Crippen LogP contribution in [0.3, 0.4) is 0 Å². The Bertz CT molecular complexity index is 855. The zero-order chi connectivity index (χ0) is 15.5. The van der Waals surface area contributed by atoms with E-state index >= 15 is 0 Å². The fourth-order valence-electron chi connectivity index (χ4n) is 2.23. The summed E-state index contributed by atoms with van der Waals surface area (Å²) in [5.41, 5.74) is -0.122. The maximum Gasteiger partial charge on any atom is 0.272 e. The van der Waals surface area contributed by atoms with Gasteiger partial charge in [0.2, 0.25) is 0 Å². The van der Waals surface area contributed by atoms with Gasteiger partial charge < -0.3 is 5.32 Å². The fraction of sp³-hybridized carbons (Fsp3) is 0.214. The van der Waals surface area contributed by atoms with E-state index in [0.29, 0.717) is 17.3 Å². The number of rotatable bonds is 4. The second-order valence-corrected chi connectivity index (χ2v) is 4.94. The van der Waals surface area contributed by atoms with E-state index in [4.69, 9.17) is 0 Å². The number of hydrogen-bond donors (Lipinski definition) is 2. The number of aromatic nitrogens is 5. The number of carbonyl (C=O) groups excluding carboxylic acids is 1. The van der Waals surface area contributed by atoms with Gasteiger partial charge in [0.1, 0.15) is 12.7 Å². The zero-order valence-corrected chi connectivity index (χ0v) is 11.9. The molecular formula is C14H14N6O2. The van der Waals surface area contributed by atoms with E-state index < -0.39 is 0 Å². The summed E-state index contributed by atoms with van der Waals surface area (Å²) in [4.78, 5) is 27.9. The first-order valence-corrected chi connectivity index (χ1v) is 6.76. The van der Waals surface area contributed by atoms with Crippen LogP contribution in [-0.4, -0.2) is 36.9 Å². The van der Waals surface area contributed by atoms with Gasteiger partial charge in [-0.2, -0.15) is 10.2 Å². The van der Waals surface area contributed by atoms with Crippen molar-refractivity contribution in [3.05, 3.63) is 53.0 Å². The third-order valence-corrected chi connectivity index (χ3v) is 3.22. The highest BCUT2D eigenvalue weighted by Crippen LogP contribution is 2.12. The van der Waals surface area contributed by atoms with Crippen molar-refractivity contribution in [3.8, 4) is 0 Å². The van der Waals surface area contributed by atoms with Gasteiger partial charge in [-0.15, -0.1) is 0 Å². The van der Waals surface area contributed by atoms with Crippen LogP contribution in [0.5, 0.6) is 0 Å². The second-order valence-electron chi connectivity index (χ2n) is 4.94.